The Hall–Kier alpha value is -0.700. The van der Waals surface area contributed by atoms with E-state index in [9.17, 15) is 8.42 Å². The Balaban J connectivity index is 2.29. The molecule has 0 amide bonds. The quantitative estimate of drug-likeness (QED) is 0.865. The first kappa shape index (κ1) is 15.7. The van der Waals surface area contributed by atoms with Crippen molar-refractivity contribution in [2.45, 2.75) is 18.0 Å². The van der Waals surface area contributed by atoms with Crippen molar-refractivity contribution in [3.63, 3.8) is 0 Å². The number of nitrogens with one attached hydrogen (secondary N) is 1. The van der Waals surface area contributed by atoms with E-state index in [0.29, 0.717) is 16.3 Å². The molecule has 1 heterocycles. The Morgan fingerprint density at radius 1 is 1.30 bits per heavy atom. The van der Waals surface area contributed by atoms with Gasteiger partial charge in [-0.2, -0.15) is 0 Å². The molecule has 0 radical (unpaired) electrons. The second-order valence-corrected chi connectivity index (χ2v) is 7.15. The lowest BCUT2D eigenvalue weighted by molar-refractivity contribution is 0.580. The van der Waals surface area contributed by atoms with Crippen LogP contribution in [-0.2, 0) is 23.1 Å². The summed E-state index contributed by atoms with van der Waals surface area (Å²) in [5.74, 6) is 0. The fraction of sp³-hybridized carbons (Fsp3) is 0.182. The van der Waals surface area contributed by atoms with Gasteiger partial charge in [-0.3, -0.25) is 0 Å². The van der Waals surface area contributed by atoms with Crippen molar-refractivity contribution < 1.29 is 8.42 Å². The van der Waals surface area contributed by atoms with Crippen molar-refractivity contribution in [2.75, 3.05) is 0 Å². The van der Waals surface area contributed by atoms with Crippen LogP contribution in [0.1, 0.15) is 11.3 Å². The summed E-state index contributed by atoms with van der Waals surface area (Å²) in [6.07, 6.45) is 0. The predicted octanol–water partition coefficient (Wildman–Crippen LogP) is 2.39. The van der Waals surface area contributed by atoms with Crippen molar-refractivity contribution in [1.82, 2.24) is 9.71 Å². The van der Waals surface area contributed by atoms with E-state index in [-0.39, 0.29) is 23.0 Å². The van der Waals surface area contributed by atoms with Crippen LogP contribution >= 0.6 is 34.5 Å². The molecule has 0 aliphatic heterocycles. The lowest BCUT2D eigenvalue weighted by Crippen LogP contribution is -2.24. The van der Waals surface area contributed by atoms with E-state index in [2.05, 4.69) is 9.71 Å². The van der Waals surface area contributed by atoms with Crippen LogP contribution in [0.25, 0.3) is 0 Å². The summed E-state index contributed by atoms with van der Waals surface area (Å²) in [6.45, 7) is 0.230. The summed E-state index contributed by atoms with van der Waals surface area (Å²) in [4.78, 5) is 3.96. The first-order valence-corrected chi connectivity index (χ1v) is 8.67. The topological polar surface area (TPSA) is 85.1 Å². The third kappa shape index (κ3) is 3.49. The molecule has 0 aliphatic carbocycles. The smallest absolute Gasteiger partial charge is 0.242 e. The summed E-state index contributed by atoms with van der Waals surface area (Å²) < 4.78 is 26.9. The maximum Gasteiger partial charge on any atom is 0.242 e. The molecule has 0 unspecified atom stereocenters. The minimum Gasteiger partial charge on any atom is -0.326 e. The molecule has 9 heteroatoms. The van der Waals surface area contributed by atoms with Crippen LogP contribution in [0.2, 0.25) is 10.0 Å². The summed E-state index contributed by atoms with van der Waals surface area (Å²) >= 11 is 13.3. The predicted molar refractivity (Wildman–Crippen MR) is 80.5 cm³/mol. The summed E-state index contributed by atoms with van der Waals surface area (Å²) in [6, 6.07) is 2.76. The van der Waals surface area contributed by atoms with Gasteiger partial charge in [0.05, 0.1) is 22.8 Å². The molecule has 0 bridgehead atoms. The lowest BCUT2D eigenvalue weighted by atomic mass is 10.2. The second kappa shape index (κ2) is 6.38. The summed E-state index contributed by atoms with van der Waals surface area (Å²) in [7, 11) is -3.75. The molecule has 1 aromatic carbocycles. The van der Waals surface area contributed by atoms with Crippen LogP contribution in [0.4, 0.5) is 0 Å². The van der Waals surface area contributed by atoms with E-state index in [0.717, 1.165) is 0 Å². The number of thiazole rings is 1. The Morgan fingerprint density at radius 2 is 2.05 bits per heavy atom. The molecule has 0 saturated carbocycles. The molecule has 0 atom stereocenters. The third-order valence-corrected chi connectivity index (χ3v) is 5.39. The van der Waals surface area contributed by atoms with Gasteiger partial charge in [-0.05, 0) is 17.7 Å². The maximum atomic E-state index is 12.2. The highest BCUT2D eigenvalue weighted by molar-refractivity contribution is 7.89. The molecular formula is C11H11Cl2N3O2S2. The van der Waals surface area contributed by atoms with Crippen LogP contribution in [-0.4, -0.2) is 13.4 Å². The standard InChI is InChI=1S/C11H11Cl2N3O2S2/c12-9-2-10(13)11(1-7(9)3-14)20(17,18)16-4-8-5-19-6-15-8/h1-2,5-6,16H,3-4,14H2. The van der Waals surface area contributed by atoms with Gasteiger partial charge in [-0.25, -0.2) is 18.1 Å². The summed E-state index contributed by atoms with van der Waals surface area (Å²) in [5.41, 5.74) is 8.30. The molecule has 2 rings (SSSR count). The molecule has 5 nitrogen and oxygen atoms in total. The molecule has 0 saturated heterocycles. The molecule has 20 heavy (non-hydrogen) atoms. The van der Waals surface area contributed by atoms with E-state index in [4.69, 9.17) is 28.9 Å². The van der Waals surface area contributed by atoms with Gasteiger partial charge in [-0.15, -0.1) is 11.3 Å². The average molecular weight is 352 g/mol. The largest absolute Gasteiger partial charge is 0.326 e. The minimum atomic E-state index is -3.75. The Kier molecular flexibility index (Phi) is 5.00. The van der Waals surface area contributed by atoms with Gasteiger partial charge >= 0.3 is 0 Å². The Morgan fingerprint density at radius 3 is 2.65 bits per heavy atom. The zero-order chi connectivity index (χ0) is 14.8. The van der Waals surface area contributed by atoms with Crippen molar-refractivity contribution in [1.29, 1.82) is 0 Å². The van der Waals surface area contributed by atoms with E-state index in [1.165, 1.54) is 23.5 Å². The van der Waals surface area contributed by atoms with Gasteiger partial charge < -0.3 is 5.73 Å². The number of benzene rings is 1. The Labute approximate surface area is 130 Å². The zero-order valence-electron chi connectivity index (χ0n) is 10.1. The summed E-state index contributed by atoms with van der Waals surface area (Å²) in [5, 5.41) is 2.16. The Bertz CT molecular complexity index is 703. The van der Waals surface area contributed by atoms with E-state index in [1.54, 1.807) is 10.9 Å². The fourth-order valence-corrected chi connectivity index (χ4v) is 3.94. The molecule has 0 fully saturated rings. The highest BCUT2D eigenvalue weighted by Crippen LogP contribution is 2.28. The van der Waals surface area contributed by atoms with Crippen molar-refractivity contribution in [3.05, 3.63) is 44.3 Å². The van der Waals surface area contributed by atoms with Gasteiger partial charge in [0.15, 0.2) is 0 Å². The number of rotatable bonds is 5. The van der Waals surface area contributed by atoms with Crippen LogP contribution in [0.3, 0.4) is 0 Å². The highest BCUT2D eigenvalue weighted by atomic mass is 35.5. The monoisotopic (exact) mass is 351 g/mol. The molecule has 108 valence electrons. The zero-order valence-corrected chi connectivity index (χ0v) is 13.3. The molecule has 1 aromatic heterocycles. The fourth-order valence-electron chi connectivity index (χ4n) is 1.51. The van der Waals surface area contributed by atoms with Gasteiger partial charge in [0.2, 0.25) is 10.0 Å². The average Bonchev–Trinajstić information content (AvgIpc) is 2.89. The number of aromatic nitrogens is 1. The number of nitrogens with two attached hydrogens (primary N) is 1. The lowest BCUT2D eigenvalue weighted by Gasteiger charge is -2.10. The normalized spacial score (nSPS) is 11.8. The minimum absolute atomic E-state index is 0.0424. The van der Waals surface area contributed by atoms with Gasteiger partial charge in [0.25, 0.3) is 0 Å². The first-order chi connectivity index (χ1) is 9.44. The number of hydrogen-bond acceptors (Lipinski definition) is 5. The highest BCUT2D eigenvalue weighted by Gasteiger charge is 2.20. The van der Waals surface area contributed by atoms with E-state index >= 15 is 0 Å². The number of sulfonamides is 1. The van der Waals surface area contributed by atoms with Crippen molar-refractivity contribution >= 4 is 44.6 Å². The number of hydrogen-bond donors (Lipinski definition) is 2. The van der Waals surface area contributed by atoms with Crippen molar-refractivity contribution in [2.24, 2.45) is 5.73 Å². The van der Waals surface area contributed by atoms with E-state index in [1.807, 2.05) is 0 Å². The molecule has 0 spiro atoms. The van der Waals surface area contributed by atoms with Crippen LogP contribution in [0.15, 0.2) is 27.9 Å². The van der Waals surface area contributed by atoms with Gasteiger partial charge in [0, 0.05) is 16.9 Å². The number of halogens is 2. The molecule has 0 aliphatic rings. The molecule has 2 aromatic rings. The van der Waals surface area contributed by atoms with Crippen LogP contribution < -0.4 is 10.5 Å². The second-order valence-electron chi connectivity index (χ2n) is 3.88. The SMILES string of the molecule is NCc1cc(S(=O)(=O)NCc2cscn2)c(Cl)cc1Cl. The van der Waals surface area contributed by atoms with Crippen LogP contribution in [0.5, 0.6) is 0 Å². The molecular weight excluding hydrogens is 341 g/mol. The number of nitrogens with zero attached hydrogens (tertiary/aromatic N) is 1. The maximum absolute atomic E-state index is 12.2. The third-order valence-electron chi connectivity index (χ3n) is 2.54. The van der Waals surface area contributed by atoms with Gasteiger partial charge in [0.1, 0.15) is 4.90 Å². The van der Waals surface area contributed by atoms with Crippen LogP contribution in [0, 0.1) is 0 Å². The van der Waals surface area contributed by atoms with Crippen molar-refractivity contribution in [3.8, 4) is 0 Å². The first-order valence-electron chi connectivity index (χ1n) is 5.49. The molecule has 3 N–H and O–H groups in total. The van der Waals surface area contributed by atoms with Gasteiger partial charge in [-0.1, -0.05) is 23.2 Å². The van der Waals surface area contributed by atoms with E-state index < -0.39 is 10.0 Å².